The minimum Gasteiger partial charge on any atom is -0.393 e. The number of amides is 1. The monoisotopic (exact) mass is 483 g/mol. The molecule has 0 saturated heterocycles. The second-order valence-electron chi connectivity index (χ2n) is 12.4. The van der Waals surface area contributed by atoms with Crippen LogP contribution in [0.2, 0.25) is 0 Å². The number of rotatable bonds is 7. The van der Waals surface area contributed by atoms with Gasteiger partial charge in [-0.1, -0.05) is 33.6 Å². The van der Waals surface area contributed by atoms with Gasteiger partial charge in [-0.05, 0) is 97.7 Å². The fourth-order valence-electron chi connectivity index (χ4n) is 9.20. The Morgan fingerprint density at radius 3 is 2.52 bits per heavy atom. The summed E-state index contributed by atoms with van der Waals surface area (Å²) in [7, 11) is -4.05. The average molecular weight is 484 g/mol. The Morgan fingerprint density at radius 2 is 1.79 bits per heavy atom. The maximum atomic E-state index is 12.2. The largest absolute Gasteiger partial charge is 0.393 e. The Hall–Kier alpha value is -0.660. The van der Waals surface area contributed by atoms with E-state index in [2.05, 4.69) is 26.1 Å². The number of aliphatic hydroxyl groups is 1. The summed E-state index contributed by atoms with van der Waals surface area (Å²) in [6.07, 6.45) is 12.2. The van der Waals surface area contributed by atoms with Gasteiger partial charge in [0.1, 0.15) is 0 Å². The van der Waals surface area contributed by atoms with Crippen LogP contribution >= 0.6 is 0 Å². The van der Waals surface area contributed by atoms with Crippen LogP contribution in [0.25, 0.3) is 0 Å². The van der Waals surface area contributed by atoms with E-state index in [0.29, 0.717) is 47.3 Å². The molecule has 4 saturated carbocycles. The van der Waals surface area contributed by atoms with E-state index in [1.807, 2.05) is 0 Å². The molecule has 2 unspecified atom stereocenters. The number of nitrogens with one attached hydrogen (secondary N) is 1. The van der Waals surface area contributed by atoms with Gasteiger partial charge in [0, 0.05) is 13.0 Å². The molecule has 4 rings (SSSR count). The molecular weight excluding hydrogens is 438 g/mol. The van der Waals surface area contributed by atoms with Crippen molar-refractivity contribution in [1.82, 2.24) is 5.32 Å². The van der Waals surface area contributed by atoms with E-state index in [-0.39, 0.29) is 24.0 Å². The maximum absolute atomic E-state index is 12.2. The molecule has 1 amide bonds. The predicted octanol–water partition coefficient (Wildman–Crippen LogP) is 4.43. The molecule has 0 spiro atoms. The summed E-state index contributed by atoms with van der Waals surface area (Å²) < 4.78 is 30.5. The lowest BCUT2D eigenvalue weighted by atomic mass is 9.44. The molecule has 0 aromatic carbocycles. The summed E-state index contributed by atoms with van der Waals surface area (Å²) in [6, 6.07) is 0. The minimum atomic E-state index is -4.05. The van der Waals surface area contributed by atoms with Gasteiger partial charge >= 0.3 is 0 Å². The third-order valence-corrected chi connectivity index (χ3v) is 11.6. The van der Waals surface area contributed by atoms with Crippen LogP contribution in [0.15, 0.2) is 0 Å². The molecule has 33 heavy (non-hydrogen) atoms. The summed E-state index contributed by atoms with van der Waals surface area (Å²) in [5.74, 6) is 2.77. The lowest BCUT2D eigenvalue weighted by molar-refractivity contribution is -0.164. The average Bonchev–Trinajstić information content (AvgIpc) is 3.08. The summed E-state index contributed by atoms with van der Waals surface area (Å²) >= 11 is 0. The van der Waals surface area contributed by atoms with Gasteiger partial charge in [-0.2, -0.15) is 8.42 Å². The van der Waals surface area contributed by atoms with Gasteiger partial charge in [-0.25, -0.2) is 0 Å². The van der Waals surface area contributed by atoms with Gasteiger partial charge in [0.05, 0.1) is 11.9 Å². The first-order valence-corrected chi connectivity index (χ1v) is 15.0. The maximum Gasteiger partial charge on any atom is 0.266 e. The number of hydrogen-bond donors (Lipinski definition) is 3. The molecule has 0 heterocycles. The van der Waals surface area contributed by atoms with Crippen LogP contribution in [0, 0.1) is 46.3 Å². The van der Waals surface area contributed by atoms with E-state index < -0.39 is 15.9 Å². The first-order valence-electron chi connectivity index (χ1n) is 13.4. The molecule has 4 fully saturated rings. The highest BCUT2D eigenvalue weighted by Crippen LogP contribution is 2.68. The highest BCUT2D eigenvalue weighted by molar-refractivity contribution is 7.85. The number of carbonyl (C=O) groups is 1. The first kappa shape index (κ1) is 25.4. The molecule has 0 radical (unpaired) electrons. The second kappa shape index (κ2) is 9.42. The van der Waals surface area contributed by atoms with Crippen molar-refractivity contribution in [3.63, 3.8) is 0 Å². The molecule has 0 aromatic heterocycles. The quantitative estimate of drug-likeness (QED) is 0.465. The second-order valence-corrected chi connectivity index (χ2v) is 14.0. The fraction of sp³-hybridized carbons (Fsp3) is 0.962. The Kier molecular flexibility index (Phi) is 7.26. The van der Waals surface area contributed by atoms with E-state index in [9.17, 15) is 18.3 Å². The molecule has 0 aliphatic heterocycles. The van der Waals surface area contributed by atoms with E-state index in [0.717, 1.165) is 12.8 Å². The van der Waals surface area contributed by atoms with Crippen LogP contribution in [0.3, 0.4) is 0 Å². The van der Waals surface area contributed by atoms with Gasteiger partial charge < -0.3 is 10.4 Å². The molecule has 7 heteroatoms. The standard InChI is InChI=1S/C26H45NO5S/c1-17(7-10-23(29)27-14-15-33(30,31)32)19-8-9-20-24-21(11-13-26(19,20)3)25(2)12-5-4-6-18(25)16-22(24)28/h17-22,24,28H,4-16H2,1-3H3,(H,27,29)(H,30,31,32)/t17-,18?,19+,20+,21?,22-,24-,25-,26+/m0/s1. The lowest BCUT2D eigenvalue weighted by Gasteiger charge is -2.62. The predicted molar refractivity (Wildman–Crippen MR) is 129 cm³/mol. The van der Waals surface area contributed by atoms with Crippen molar-refractivity contribution in [3.05, 3.63) is 0 Å². The van der Waals surface area contributed by atoms with Crippen molar-refractivity contribution in [2.45, 2.75) is 97.5 Å². The van der Waals surface area contributed by atoms with Crippen molar-refractivity contribution >= 4 is 16.0 Å². The SMILES string of the molecule is C[C@@H](CCC(=O)NCCS(=O)(=O)O)[C@H]1CC[C@@H]2[C@H]3C(CC[C@@]21C)[C@@]1(C)CCCCC1C[C@@H]3O. The normalized spacial score (nSPS) is 43.8. The molecule has 6 nitrogen and oxygen atoms in total. The molecule has 9 atom stereocenters. The molecule has 0 aromatic rings. The molecule has 4 aliphatic rings. The van der Waals surface area contributed by atoms with Gasteiger partial charge in [0.15, 0.2) is 0 Å². The number of fused-ring (bicyclic) bond motifs is 5. The molecule has 3 N–H and O–H groups in total. The summed E-state index contributed by atoms with van der Waals surface area (Å²) in [5, 5.41) is 14.0. The first-order chi connectivity index (χ1) is 15.5. The topological polar surface area (TPSA) is 104 Å². The highest BCUT2D eigenvalue weighted by atomic mass is 32.2. The lowest BCUT2D eigenvalue weighted by Crippen LogP contribution is -2.57. The molecule has 0 bridgehead atoms. The van der Waals surface area contributed by atoms with Gasteiger partial charge in [0.25, 0.3) is 10.1 Å². The van der Waals surface area contributed by atoms with Crippen LogP contribution in [-0.2, 0) is 14.9 Å². The van der Waals surface area contributed by atoms with Crippen LogP contribution < -0.4 is 5.32 Å². The fourth-order valence-corrected chi connectivity index (χ4v) is 9.56. The number of aliphatic hydroxyl groups excluding tert-OH is 1. The third kappa shape index (κ3) is 4.88. The number of hydrogen-bond acceptors (Lipinski definition) is 4. The summed E-state index contributed by atoms with van der Waals surface area (Å²) in [6.45, 7) is 7.23. The van der Waals surface area contributed by atoms with E-state index in [1.54, 1.807) is 0 Å². The number of carbonyl (C=O) groups excluding carboxylic acids is 1. The Labute approximate surface area is 200 Å². The molecular formula is C26H45NO5S. The van der Waals surface area contributed by atoms with Crippen molar-refractivity contribution < 1.29 is 22.9 Å². The zero-order chi connectivity index (χ0) is 24.0. The zero-order valence-corrected chi connectivity index (χ0v) is 21.6. The Morgan fingerprint density at radius 1 is 1.06 bits per heavy atom. The zero-order valence-electron chi connectivity index (χ0n) is 20.8. The third-order valence-electron chi connectivity index (χ3n) is 10.9. The summed E-state index contributed by atoms with van der Waals surface area (Å²) in [5.41, 5.74) is 0.647. The van der Waals surface area contributed by atoms with Gasteiger partial charge in [-0.3, -0.25) is 9.35 Å². The summed E-state index contributed by atoms with van der Waals surface area (Å²) in [4.78, 5) is 12.2. The van der Waals surface area contributed by atoms with Crippen molar-refractivity contribution in [3.8, 4) is 0 Å². The van der Waals surface area contributed by atoms with Crippen LogP contribution in [0.5, 0.6) is 0 Å². The molecule has 190 valence electrons. The van der Waals surface area contributed by atoms with Crippen molar-refractivity contribution in [1.29, 1.82) is 0 Å². The van der Waals surface area contributed by atoms with Crippen molar-refractivity contribution in [2.24, 2.45) is 46.3 Å². The Balaban J connectivity index is 1.38. The minimum absolute atomic E-state index is 0.0457. The smallest absolute Gasteiger partial charge is 0.266 e. The van der Waals surface area contributed by atoms with E-state index in [4.69, 9.17) is 4.55 Å². The van der Waals surface area contributed by atoms with Crippen LogP contribution in [-0.4, -0.2) is 42.4 Å². The Bertz CT molecular complexity index is 831. The van der Waals surface area contributed by atoms with E-state index in [1.165, 1.54) is 51.4 Å². The van der Waals surface area contributed by atoms with Crippen molar-refractivity contribution in [2.75, 3.05) is 12.3 Å². The highest BCUT2D eigenvalue weighted by Gasteiger charge is 2.62. The van der Waals surface area contributed by atoms with E-state index >= 15 is 0 Å². The molecule has 4 aliphatic carbocycles. The van der Waals surface area contributed by atoms with Crippen LogP contribution in [0.4, 0.5) is 0 Å². The van der Waals surface area contributed by atoms with Gasteiger partial charge in [-0.15, -0.1) is 0 Å². The van der Waals surface area contributed by atoms with Gasteiger partial charge in [0.2, 0.25) is 5.91 Å². The van der Waals surface area contributed by atoms with Crippen LogP contribution in [0.1, 0.15) is 91.4 Å².